The molecule has 2 rings (SSSR count). The van der Waals surface area contributed by atoms with E-state index in [0.29, 0.717) is 17.0 Å². The topological polar surface area (TPSA) is 95.1 Å². The maximum absolute atomic E-state index is 11.3. The van der Waals surface area contributed by atoms with Crippen molar-refractivity contribution in [1.29, 1.82) is 0 Å². The first-order valence-corrected chi connectivity index (χ1v) is 5.96. The van der Waals surface area contributed by atoms with Crippen molar-refractivity contribution < 1.29 is 19.8 Å². The molecule has 2 aromatic rings. The number of hydrogen-bond acceptors (Lipinski definition) is 4. The van der Waals surface area contributed by atoms with Crippen LogP contribution >= 0.6 is 0 Å². The van der Waals surface area contributed by atoms with E-state index < -0.39 is 11.9 Å². The lowest BCUT2D eigenvalue weighted by Crippen LogP contribution is -2.25. The molecule has 2 heterocycles. The van der Waals surface area contributed by atoms with Gasteiger partial charge in [0.2, 0.25) is 0 Å². The number of aromatic carboxylic acids is 1. The van der Waals surface area contributed by atoms with Crippen LogP contribution in [0.3, 0.4) is 0 Å². The van der Waals surface area contributed by atoms with Gasteiger partial charge in [-0.3, -0.25) is 9.20 Å². The van der Waals surface area contributed by atoms with E-state index in [4.69, 9.17) is 5.11 Å². The number of carbonyl (C=O) groups is 2. The average molecular weight is 277 g/mol. The highest BCUT2D eigenvalue weighted by Gasteiger charge is 2.18. The van der Waals surface area contributed by atoms with Crippen LogP contribution in [0.4, 0.5) is 5.69 Å². The van der Waals surface area contributed by atoms with Crippen molar-refractivity contribution in [3.8, 4) is 0 Å². The number of carboxylic acids is 2. The Hall–Kier alpha value is -2.57. The van der Waals surface area contributed by atoms with Crippen LogP contribution in [-0.2, 0) is 4.79 Å². The Balaban J connectivity index is 2.63. The minimum absolute atomic E-state index is 0.0914. The molecule has 2 N–H and O–H groups in total. The molecule has 0 unspecified atom stereocenters. The number of hydrogen-bond donors (Lipinski definition) is 2. The van der Waals surface area contributed by atoms with E-state index >= 15 is 0 Å². The fourth-order valence-corrected chi connectivity index (χ4v) is 2.17. The van der Waals surface area contributed by atoms with Gasteiger partial charge in [0.1, 0.15) is 12.2 Å². The summed E-state index contributed by atoms with van der Waals surface area (Å²) in [5.41, 5.74) is 2.49. The summed E-state index contributed by atoms with van der Waals surface area (Å²) in [5.74, 6) is -2.02. The summed E-state index contributed by atoms with van der Waals surface area (Å²) in [5, 5.41) is 18.1. The van der Waals surface area contributed by atoms with Gasteiger partial charge in [0, 0.05) is 13.2 Å². The maximum Gasteiger partial charge on any atom is 0.354 e. The van der Waals surface area contributed by atoms with Gasteiger partial charge < -0.3 is 15.1 Å². The number of fused-ring (bicyclic) bond motifs is 1. The first-order chi connectivity index (χ1) is 9.31. The molecule has 0 fully saturated rings. The third kappa shape index (κ3) is 2.29. The van der Waals surface area contributed by atoms with Crippen LogP contribution in [0.15, 0.2) is 12.3 Å². The molecule has 0 saturated heterocycles. The molecule has 0 saturated carbocycles. The minimum Gasteiger partial charge on any atom is -0.480 e. The molecule has 0 radical (unpaired) electrons. The summed E-state index contributed by atoms with van der Waals surface area (Å²) in [6, 6.07) is 1.79. The van der Waals surface area contributed by atoms with Crippen LogP contribution in [-0.4, -0.2) is 45.1 Å². The quantitative estimate of drug-likeness (QED) is 0.871. The van der Waals surface area contributed by atoms with Gasteiger partial charge in [0.05, 0.1) is 11.4 Å². The summed E-state index contributed by atoms with van der Waals surface area (Å²) in [4.78, 5) is 27.8. The smallest absolute Gasteiger partial charge is 0.354 e. The zero-order chi connectivity index (χ0) is 15.0. The number of aromatic nitrogens is 2. The van der Waals surface area contributed by atoms with Crippen molar-refractivity contribution in [3.05, 3.63) is 29.2 Å². The van der Waals surface area contributed by atoms with Crippen LogP contribution in [0.1, 0.15) is 21.7 Å². The Morgan fingerprint density at radius 1 is 1.35 bits per heavy atom. The Morgan fingerprint density at radius 3 is 2.55 bits per heavy atom. The molecule has 0 amide bonds. The van der Waals surface area contributed by atoms with E-state index in [1.165, 1.54) is 9.30 Å². The minimum atomic E-state index is -1.06. The Labute approximate surface area is 115 Å². The Bertz CT molecular complexity index is 705. The second-order valence-corrected chi connectivity index (χ2v) is 4.68. The second kappa shape index (κ2) is 4.84. The number of imidazole rings is 1. The molecule has 106 valence electrons. The molecular weight excluding hydrogens is 262 g/mol. The van der Waals surface area contributed by atoms with E-state index in [-0.39, 0.29) is 12.2 Å². The highest BCUT2D eigenvalue weighted by molar-refractivity contribution is 5.88. The molecule has 7 nitrogen and oxygen atoms in total. The standard InChI is InChI=1S/C13H15N3O4/c1-7-4-9(15(3)6-10(17)18)5-16-11(13(19)20)8(2)14-12(7)16/h4-5H,6H2,1-3H3,(H,17,18)(H,19,20). The van der Waals surface area contributed by atoms with E-state index in [9.17, 15) is 14.7 Å². The molecule has 0 bridgehead atoms. The number of pyridine rings is 1. The lowest BCUT2D eigenvalue weighted by Gasteiger charge is -2.18. The number of nitrogens with zero attached hydrogens (tertiary/aromatic N) is 3. The number of carboxylic acid groups (broad SMARTS) is 2. The van der Waals surface area contributed by atoms with E-state index in [1.54, 1.807) is 26.2 Å². The first-order valence-electron chi connectivity index (χ1n) is 5.96. The van der Waals surface area contributed by atoms with Crippen molar-refractivity contribution in [3.63, 3.8) is 0 Å². The number of aliphatic carboxylic acids is 1. The lowest BCUT2D eigenvalue weighted by molar-refractivity contribution is -0.135. The third-order valence-electron chi connectivity index (χ3n) is 3.08. The first kappa shape index (κ1) is 13.9. The van der Waals surface area contributed by atoms with Gasteiger partial charge in [-0.1, -0.05) is 0 Å². The second-order valence-electron chi connectivity index (χ2n) is 4.68. The number of rotatable bonds is 4. The summed E-state index contributed by atoms with van der Waals surface area (Å²) >= 11 is 0. The van der Waals surface area contributed by atoms with Gasteiger partial charge in [-0.05, 0) is 25.5 Å². The molecule has 0 atom stereocenters. The molecular formula is C13H15N3O4. The fourth-order valence-electron chi connectivity index (χ4n) is 2.17. The molecule has 0 spiro atoms. The van der Waals surface area contributed by atoms with E-state index in [2.05, 4.69) is 4.98 Å². The molecule has 20 heavy (non-hydrogen) atoms. The summed E-state index contributed by atoms with van der Waals surface area (Å²) < 4.78 is 1.49. The number of anilines is 1. The van der Waals surface area contributed by atoms with Crippen LogP contribution in [0, 0.1) is 13.8 Å². The van der Waals surface area contributed by atoms with Gasteiger partial charge in [-0.15, -0.1) is 0 Å². The predicted octanol–water partition coefficient (Wildman–Crippen LogP) is 1.17. The van der Waals surface area contributed by atoms with Crippen molar-refractivity contribution in [2.75, 3.05) is 18.5 Å². The highest BCUT2D eigenvalue weighted by atomic mass is 16.4. The normalized spacial score (nSPS) is 10.8. The van der Waals surface area contributed by atoms with Crippen LogP contribution < -0.4 is 4.90 Å². The van der Waals surface area contributed by atoms with Crippen molar-refractivity contribution >= 4 is 23.3 Å². The largest absolute Gasteiger partial charge is 0.480 e. The Morgan fingerprint density at radius 2 is 2.00 bits per heavy atom. The van der Waals surface area contributed by atoms with Crippen LogP contribution in [0.25, 0.3) is 5.65 Å². The van der Waals surface area contributed by atoms with Crippen molar-refractivity contribution in [2.45, 2.75) is 13.8 Å². The summed E-state index contributed by atoms with van der Waals surface area (Å²) in [7, 11) is 1.64. The number of aryl methyl sites for hydroxylation is 2. The lowest BCUT2D eigenvalue weighted by atomic mass is 10.2. The van der Waals surface area contributed by atoms with Gasteiger partial charge >= 0.3 is 11.9 Å². The van der Waals surface area contributed by atoms with Crippen molar-refractivity contribution in [2.24, 2.45) is 0 Å². The number of likely N-dealkylation sites (N-methyl/N-ethyl adjacent to an activating group) is 1. The molecule has 0 aliphatic heterocycles. The zero-order valence-electron chi connectivity index (χ0n) is 11.4. The van der Waals surface area contributed by atoms with Crippen molar-refractivity contribution in [1.82, 2.24) is 9.38 Å². The molecule has 2 aromatic heterocycles. The zero-order valence-corrected chi connectivity index (χ0v) is 11.4. The highest BCUT2D eigenvalue weighted by Crippen LogP contribution is 2.22. The molecule has 0 aromatic carbocycles. The molecule has 0 aliphatic carbocycles. The summed E-state index contributed by atoms with van der Waals surface area (Å²) in [6.07, 6.45) is 1.59. The maximum atomic E-state index is 11.3. The van der Waals surface area contributed by atoms with Gasteiger partial charge in [0.15, 0.2) is 5.69 Å². The van der Waals surface area contributed by atoms with E-state index in [1.807, 2.05) is 6.92 Å². The third-order valence-corrected chi connectivity index (χ3v) is 3.08. The predicted molar refractivity (Wildman–Crippen MR) is 72.5 cm³/mol. The fraction of sp³-hybridized carbons (Fsp3) is 0.308. The van der Waals surface area contributed by atoms with Gasteiger partial charge in [-0.2, -0.15) is 0 Å². The monoisotopic (exact) mass is 277 g/mol. The van der Waals surface area contributed by atoms with Gasteiger partial charge in [-0.25, -0.2) is 9.78 Å². The SMILES string of the molecule is Cc1nc2c(C)cc(N(C)CC(=O)O)cn2c1C(=O)O. The Kier molecular flexibility index (Phi) is 3.35. The molecule has 7 heteroatoms. The molecule has 0 aliphatic rings. The van der Waals surface area contributed by atoms with E-state index in [0.717, 1.165) is 5.56 Å². The van der Waals surface area contributed by atoms with Gasteiger partial charge in [0.25, 0.3) is 0 Å². The average Bonchev–Trinajstić information content (AvgIpc) is 2.65. The van der Waals surface area contributed by atoms with Crippen LogP contribution in [0.2, 0.25) is 0 Å². The van der Waals surface area contributed by atoms with Crippen LogP contribution in [0.5, 0.6) is 0 Å². The summed E-state index contributed by atoms with van der Waals surface area (Å²) in [6.45, 7) is 3.28.